The summed E-state index contributed by atoms with van der Waals surface area (Å²) in [7, 11) is 2.12. The number of hydrogen-bond acceptors (Lipinski definition) is 1. The average Bonchev–Trinajstić information content (AvgIpc) is 2.81. The van der Waals surface area contributed by atoms with Crippen LogP contribution in [0.3, 0.4) is 0 Å². The molecule has 0 saturated heterocycles. The van der Waals surface area contributed by atoms with E-state index in [4.69, 9.17) is 0 Å². The fourth-order valence-electron chi connectivity index (χ4n) is 4.22. The van der Waals surface area contributed by atoms with Crippen molar-refractivity contribution in [3.63, 3.8) is 0 Å². The van der Waals surface area contributed by atoms with E-state index in [1.54, 1.807) is 0 Å². The van der Waals surface area contributed by atoms with Crippen LogP contribution in [0.25, 0.3) is 0 Å². The maximum atomic E-state index is 3.92. The first-order valence-corrected chi connectivity index (χ1v) is 7.92. The molecular weight excluding hydrogens is 218 g/mol. The molecule has 1 nitrogen and oxygen atoms in total. The summed E-state index contributed by atoms with van der Waals surface area (Å²) in [6, 6.07) is 0.649. The monoisotopic (exact) mass is 251 g/mol. The van der Waals surface area contributed by atoms with E-state index in [0.717, 1.165) is 11.8 Å². The Morgan fingerprint density at radius 2 is 2.17 bits per heavy atom. The van der Waals surface area contributed by atoms with Crippen molar-refractivity contribution in [1.82, 2.24) is 5.32 Å². The van der Waals surface area contributed by atoms with Crippen molar-refractivity contribution in [3.8, 4) is 0 Å². The molecule has 18 heavy (non-hydrogen) atoms. The van der Waals surface area contributed by atoms with E-state index in [-0.39, 0.29) is 0 Å². The number of allylic oxidation sites excluding steroid dienone is 1. The largest absolute Gasteiger partial charge is 0.317 e. The van der Waals surface area contributed by atoms with Crippen LogP contribution in [0.4, 0.5) is 0 Å². The Hall–Kier alpha value is -0.300. The van der Waals surface area contributed by atoms with Crippen LogP contribution >= 0.6 is 0 Å². The summed E-state index contributed by atoms with van der Waals surface area (Å²) >= 11 is 0. The van der Waals surface area contributed by atoms with E-state index in [1.165, 1.54) is 44.9 Å². The van der Waals surface area contributed by atoms with Crippen LogP contribution in [0.15, 0.2) is 12.7 Å². The summed E-state index contributed by atoms with van der Waals surface area (Å²) in [5.41, 5.74) is 0.545. The molecule has 1 N–H and O–H groups in total. The number of hydrogen-bond donors (Lipinski definition) is 1. The van der Waals surface area contributed by atoms with Gasteiger partial charge in [0.15, 0.2) is 0 Å². The molecule has 0 aliphatic heterocycles. The van der Waals surface area contributed by atoms with Crippen molar-refractivity contribution >= 4 is 0 Å². The molecule has 0 aromatic rings. The van der Waals surface area contributed by atoms with Crippen LogP contribution in [-0.2, 0) is 0 Å². The van der Waals surface area contributed by atoms with Gasteiger partial charge in [0.05, 0.1) is 0 Å². The van der Waals surface area contributed by atoms with Crippen molar-refractivity contribution in [1.29, 1.82) is 0 Å². The molecule has 1 aliphatic rings. The van der Waals surface area contributed by atoms with E-state index in [0.29, 0.717) is 11.5 Å². The van der Waals surface area contributed by atoms with Crippen LogP contribution in [0.5, 0.6) is 0 Å². The second-order valence-corrected chi connectivity index (χ2v) is 6.22. The third kappa shape index (κ3) is 3.17. The Morgan fingerprint density at radius 1 is 1.44 bits per heavy atom. The van der Waals surface area contributed by atoms with Gasteiger partial charge in [0.25, 0.3) is 0 Å². The molecule has 1 aliphatic carbocycles. The molecule has 106 valence electrons. The third-order valence-corrected chi connectivity index (χ3v) is 5.66. The van der Waals surface area contributed by atoms with Gasteiger partial charge in [0, 0.05) is 6.04 Å². The number of rotatable bonds is 8. The van der Waals surface area contributed by atoms with Crippen LogP contribution in [0, 0.1) is 17.3 Å². The second kappa shape index (κ2) is 7.33. The van der Waals surface area contributed by atoms with E-state index < -0.39 is 0 Å². The molecule has 0 aromatic carbocycles. The third-order valence-electron chi connectivity index (χ3n) is 5.66. The van der Waals surface area contributed by atoms with Gasteiger partial charge in [-0.2, -0.15) is 0 Å². The van der Waals surface area contributed by atoms with Gasteiger partial charge in [-0.1, -0.05) is 32.8 Å². The summed E-state index contributed by atoms with van der Waals surface area (Å²) in [5, 5.41) is 3.53. The Kier molecular flexibility index (Phi) is 6.42. The zero-order valence-corrected chi connectivity index (χ0v) is 13.0. The molecule has 0 bridgehead atoms. The van der Waals surface area contributed by atoms with Gasteiger partial charge in [-0.3, -0.25) is 0 Å². The Bertz CT molecular complexity index is 248. The lowest BCUT2D eigenvalue weighted by atomic mass is 9.67. The molecule has 0 radical (unpaired) electrons. The lowest BCUT2D eigenvalue weighted by Gasteiger charge is -2.41. The summed E-state index contributed by atoms with van der Waals surface area (Å²) in [5.74, 6) is 1.76. The summed E-state index contributed by atoms with van der Waals surface area (Å²) < 4.78 is 0. The molecule has 0 spiro atoms. The van der Waals surface area contributed by atoms with Crippen molar-refractivity contribution in [3.05, 3.63) is 12.7 Å². The van der Waals surface area contributed by atoms with Crippen LogP contribution in [0.1, 0.15) is 65.7 Å². The van der Waals surface area contributed by atoms with E-state index in [1.807, 2.05) is 0 Å². The first-order chi connectivity index (χ1) is 8.64. The summed E-state index contributed by atoms with van der Waals surface area (Å²) in [4.78, 5) is 0. The highest BCUT2D eigenvalue weighted by Crippen LogP contribution is 2.51. The predicted molar refractivity (Wildman–Crippen MR) is 81.8 cm³/mol. The smallest absolute Gasteiger partial charge is 0.00947 e. The lowest BCUT2D eigenvalue weighted by Crippen LogP contribution is -2.44. The zero-order valence-electron chi connectivity index (χ0n) is 13.0. The highest BCUT2D eigenvalue weighted by atomic mass is 14.9. The van der Waals surface area contributed by atoms with Gasteiger partial charge in [0.1, 0.15) is 0 Å². The molecule has 1 fully saturated rings. The first-order valence-electron chi connectivity index (χ1n) is 7.92. The highest BCUT2D eigenvalue weighted by Gasteiger charge is 2.44. The normalized spacial score (nSPS) is 31.2. The van der Waals surface area contributed by atoms with Gasteiger partial charge in [0.2, 0.25) is 0 Å². The predicted octanol–water partition coefficient (Wildman–Crippen LogP) is 4.78. The first kappa shape index (κ1) is 15.8. The van der Waals surface area contributed by atoms with E-state index >= 15 is 0 Å². The zero-order chi connectivity index (χ0) is 13.6. The SMILES string of the molecule is C=CCC(CC)CC1CCCC1(CC)C(C)NC. The van der Waals surface area contributed by atoms with Gasteiger partial charge in [-0.25, -0.2) is 0 Å². The molecule has 1 saturated carbocycles. The second-order valence-electron chi connectivity index (χ2n) is 6.22. The van der Waals surface area contributed by atoms with Crippen molar-refractivity contribution in [2.75, 3.05) is 7.05 Å². The van der Waals surface area contributed by atoms with Gasteiger partial charge < -0.3 is 5.32 Å². The van der Waals surface area contributed by atoms with Crippen LogP contribution < -0.4 is 5.32 Å². The van der Waals surface area contributed by atoms with Gasteiger partial charge in [-0.15, -0.1) is 6.58 Å². The standard InChI is InChI=1S/C17H33N/c1-6-10-15(7-2)13-16-11-9-12-17(16,8-3)14(4)18-5/h6,14-16,18H,1,7-13H2,2-5H3. The maximum absolute atomic E-state index is 3.92. The fourth-order valence-corrected chi connectivity index (χ4v) is 4.22. The Balaban J connectivity index is 2.75. The average molecular weight is 251 g/mol. The van der Waals surface area contributed by atoms with E-state index in [2.05, 4.69) is 45.8 Å². The molecule has 4 unspecified atom stereocenters. The van der Waals surface area contributed by atoms with Crippen LogP contribution in [0.2, 0.25) is 0 Å². The topological polar surface area (TPSA) is 12.0 Å². The molecule has 0 aromatic heterocycles. The van der Waals surface area contributed by atoms with Crippen molar-refractivity contribution < 1.29 is 0 Å². The Labute approximate surface area is 114 Å². The minimum absolute atomic E-state index is 0.545. The minimum atomic E-state index is 0.545. The van der Waals surface area contributed by atoms with Gasteiger partial charge >= 0.3 is 0 Å². The fraction of sp³-hybridized carbons (Fsp3) is 0.882. The molecule has 0 heterocycles. The van der Waals surface area contributed by atoms with Crippen molar-refractivity contribution in [2.24, 2.45) is 17.3 Å². The lowest BCUT2D eigenvalue weighted by molar-refractivity contribution is 0.111. The molecule has 0 amide bonds. The quantitative estimate of drug-likeness (QED) is 0.612. The van der Waals surface area contributed by atoms with Gasteiger partial charge in [-0.05, 0) is 63.3 Å². The van der Waals surface area contributed by atoms with Crippen molar-refractivity contribution in [2.45, 2.75) is 71.8 Å². The number of nitrogens with one attached hydrogen (secondary N) is 1. The molecular formula is C17H33N. The summed E-state index contributed by atoms with van der Waals surface area (Å²) in [6.07, 6.45) is 11.6. The summed E-state index contributed by atoms with van der Waals surface area (Å²) in [6.45, 7) is 11.0. The molecule has 1 heteroatoms. The highest BCUT2D eigenvalue weighted by molar-refractivity contribution is 4.98. The van der Waals surface area contributed by atoms with Crippen LogP contribution in [-0.4, -0.2) is 13.1 Å². The minimum Gasteiger partial charge on any atom is -0.317 e. The maximum Gasteiger partial charge on any atom is 0.00947 e. The molecule has 1 rings (SSSR count). The molecule has 4 atom stereocenters. The Morgan fingerprint density at radius 3 is 2.67 bits per heavy atom. The van der Waals surface area contributed by atoms with E-state index in [9.17, 15) is 0 Å².